The van der Waals surface area contributed by atoms with Gasteiger partial charge in [0.1, 0.15) is 11.4 Å². The molecule has 50 heavy (non-hydrogen) atoms. The lowest BCUT2D eigenvalue weighted by atomic mass is 9.98. The van der Waals surface area contributed by atoms with Crippen LogP contribution in [0.1, 0.15) is 36.3 Å². The van der Waals surface area contributed by atoms with Gasteiger partial charge in [-0.1, -0.05) is 12.1 Å². The van der Waals surface area contributed by atoms with Crippen molar-refractivity contribution >= 4 is 22.1 Å². The molecule has 0 amide bonds. The van der Waals surface area contributed by atoms with E-state index in [9.17, 15) is 0 Å². The second-order valence-electron chi connectivity index (χ2n) is 13.0. The van der Waals surface area contributed by atoms with Crippen LogP contribution in [0.4, 0.5) is 0 Å². The Hall–Kier alpha value is -6.04. The molecule has 0 atom stereocenters. The van der Waals surface area contributed by atoms with E-state index in [2.05, 4.69) is 46.6 Å². The highest BCUT2D eigenvalue weighted by molar-refractivity contribution is 5.88. The maximum atomic E-state index is 4.89. The Morgan fingerprint density at radius 1 is 0.600 bits per heavy atom. The smallest absolute Gasteiger partial charge is 0.157 e. The van der Waals surface area contributed by atoms with Gasteiger partial charge in [0.15, 0.2) is 11.3 Å². The first kappa shape index (κ1) is 30.1. The Morgan fingerprint density at radius 2 is 1.20 bits per heavy atom. The third kappa shape index (κ3) is 5.15. The molecule has 2 aliphatic heterocycles. The molecule has 0 saturated carbocycles. The maximum absolute atomic E-state index is 4.89. The molecule has 8 aromatic rings. The monoisotopic (exact) mass is 660 g/mol. The Bertz CT molecular complexity index is 2520. The van der Waals surface area contributed by atoms with Gasteiger partial charge in [0, 0.05) is 95.9 Å². The predicted octanol–water partition coefficient (Wildman–Crippen LogP) is 6.38. The van der Waals surface area contributed by atoms with E-state index in [0.29, 0.717) is 0 Å². The summed E-state index contributed by atoms with van der Waals surface area (Å²) in [4.78, 5) is 18.5. The second kappa shape index (κ2) is 12.1. The summed E-state index contributed by atoms with van der Waals surface area (Å²) in [5, 5.41) is 20.5. The van der Waals surface area contributed by atoms with Crippen LogP contribution in [-0.2, 0) is 40.0 Å². The van der Waals surface area contributed by atoms with Crippen LogP contribution >= 0.6 is 0 Å². The van der Waals surface area contributed by atoms with Gasteiger partial charge in [-0.15, -0.1) is 0 Å². The van der Waals surface area contributed by atoms with Crippen molar-refractivity contribution in [1.29, 1.82) is 0 Å². The molecule has 0 radical (unpaired) electrons. The van der Waals surface area contributed by atoms with E-state index in [-0.39, 0.29) is 0 Å². The highest BCUT2D eigenvalue weighted by Crippen LogP contribution is 2.38. The van der Waals surface area contributed by atoms with Gasteiger partial charge in [-0.05, 0) is 75.4 Å². The van der Waals surface area contributed by atoms with Crippen molar-refractivity contribution in [2.75, 3.05) is 0 Å². The summed E-state index contributed by atoms with van der Waals surface area (Å²) < 4.78 is 7.87. The molecule has 0 unspecified atom stereocenters. The van der Waals surface area contributed by atoms with E-state index in [1.807, 2.05) is 88.4 Å². The number of hydrogen-bond donors (Lipinski definition) is 0. The highest BCUT2D eigenvalue weighted by atomic mass is 15.3. The predicted molar refractivity (Wildman–Crippen MR) is 192 cm³/mol. The van der Waals surface area contributed by atoms with Crippen molar-refractivity contribution in [3.05, 3.63) is 96.6 Å². The molecule has 10 rings (SSSR count). The van der Waals surface area contributed by atoms with Gasteiger partial charge in [-0.3, -0.25) is 28.7 Å². The average molecular weight is 661 g/mol. The summed E-state index contributed by atoms with van der Waals surface area (Å²) in [5.41, 5.74) is 13.6. The third-order valence-corrected chi connectivity index (χ3v) is 9.69. The van der Waals surface area contributed by atoms with E-state index >= 15 is 0 Å². The summed E-state index contributed by atoms with van der Waals surface area (Å²) in [6.07, 6.45) is 15.0. The minimum absolute atomic E-state index is 0.891. The van der Waals surface area contributed by atoms with Gasteiger partial charge in [0.2, 0.25) is 0 Å². The van der Waals surface area contributed by atoms with Crippen LogP contribution in [0, 0.1) is 6.92 Å². The van der Waals surface area contributed by atoms with Crippen molar-refractivity contribution in [1.82, 2.24) is 59.1 Å². The van der Waals surface area contributed by atoms with Gasteiger partial charge < -0.3 is 0 Å². The van der Waals surface area contributed by atoms with Crippen LogP contribution in [-0.4, -0.2) is 59.1 Å². The maximum Gasteiger partial charge on any atom is 0.157 e. The van der Waals surface area contributed by atoms with Gasteiger partial charge in [0.05, 0.1) is 23.8 Å². The first-order valence-corrected chi connectivity index (χ1v) is 17.1. The minimum Gasteiger partial charge on any atom is -0.268 e. The van der Waals surface area contributed by atoms with E-state index in [4.69, 9.17) is 15.2 Å². The summed E-state index contributed by atoms with van der Waals surface area (Å²) in [5.74, 6) is 0. The van der Waals surface area contributed by atoms with Crippen molar-refractivity contribution in [3.63, 3.8) is 0 Å². The Balaban J connectivity index is 0.000000135. The molecular weight excluding hydrogens is 625 g/mol. The van der Waals surface area contributed by atoms with E-state index < -0.39 is 0 Å². The number of pyridine rings is 4. The molecule has 0 fully saturated rings. The first-order chi connectivity index (χ1) is 24.5. The zero-order valence-corrected chi connectivity index (χ0v) is 28.3. The lowest BCUT2D eigenvalue weighted by molar-refractivity contribution is 0.487. The zero-order chi connectivity index (χ0) is 33.8. The molecule has 8 aromatic heterocycles. The molecule has 0 bridgehead atoms. The van der Waals surface area contributed by atoms with E-state index in [1.54, 1.807) is 9.36 Å². The van der Waals surface area contributed by atoms with E-state index in [1.165, 1.54) is 24.2 Å². The van der Waals surface area contributed by atoms with Gasteiger partial charge in [0.25, 0.3) is 0 Å². The molecular formula is C38H36N12. The number of hydrogen-bond acceptors (Lipinski definition) is 8. The summed E-state index contributed by atoms with van der Waals surface area (Å²) in [6.45, 7) is 3.95. The van der Waals surface area contributed by atoms with Crippen molar-refractivity contribution in [2.24, 2.45) is 14.1 Å². The molecule has 12 nitrogen and oxygen atoms in total. The second-order valence-corrected chi connectivity index (χ2v) is 13.0. The van der Waals surface area contributed by atoms with Crippen LogP contribution in [0.5, 0.6) is 0 Å². The molecule has 0 aromatic carbocycles. The third-order valence-electron chi connectivity index (χ3n) is 9.69. The van der Waals surface area contributed by atoms with Crippen molar-refractivity contribution < 1.29 is 0 Å². The fourth-order valence-electron chi connectivity index (χ4n) is 7.33. The zero-order valence-electron chi connectivity index (χ0n) is 28.3. The molecule has 10 heterocycles. The van der Waals surface area contributed by atoms with Crippen molar-refractivity contribution in [3.8, 4) is 45.0 Å². The molecule has 12 heteroatoms. The van der Waals surface area contributed by atoms with Gasteiger partial charge in [-0.2, -0.15) is 20.4 Å². The number of aromatic nitrogens is 12. The topological polar surface area (TPSA) is 123 Å². The number of nitrogens with zero attached hydrogens (tertiary/aromatic N) is 12. The lowest BCUT2D eigenvalue weighted by Gasteiger charge is -2.14. The Morgan fingerprint density at radius 3 is 1.82 bits per heavy atom. The van der Waals surface area contributed by atoms with Gasteiger partial charge >= 0.3 is 0 Å². The Labute approximate surface area is 288 Å². The first-order valence-electron chi connectivity index (χ1n) is 17.1. The lowest BCUT2D eigenvalue weighted by Crippen LogP contribution is -2.11. The Kier molecular flexibility index (Phi) is 7.29. The van der Waals surface area contributed by atoms with Crippen LogP contribution in [0.25, 0.3) is 67.1 Å². The quantitative estimate of drug-likeness (QED) is 0.213. The average Bonchev–Trinajstić information content (AvgIpc) is 3.98. The standard InChI is InChI=1S/2C19H18N6/c1-12-5-3-6-15(22-12)18-17(16-7-4-8-25(16)23-18)13-9-14-11-21-24(2)19(14)20-10-13;1-24-19-14(12-22-24)10-13(11-21-19)17-16-7-3-5-9-25(16)23-18(17)15-6-2-4-8-20-15/h3,5-6,9-11H,4,7-8H2,1-2H3;2,4,6,8,10-12H,3,5,7,9H2,1H3. The highest BCUT2D eigenvalue weighted by Gasteiger charge is 2.26. The fourth-order valence-corrected chi connectivity index (χ4v) is 7.33. The fraction of sp³-hybridized carbons (Fsp3) is 0.263. The molecule has 248 valence electrons. The summed E-state index contributed by atoms with van der Waals surface area (Å²) >= 11 is 0. The minimum atomic E-state index is 0.891. The van der Waals surface area contributed by atoms with Gasteiger partial charge in [-0.25, -0.2) is 9.97 Å². The van der Waals surface area contributed by atoms with Crippen LogP contribution in [0.15, 0.2) is 79.5 Å². The largest absolute Gasteiger partial charge is 0.268 e. The van der Waals surface area contributed by atoms with Crippen LogP contribution in [0.2, 0.25) is 0 Å². The normalized spacial score (nSPS) is 13.7. The van der Waals surface area contributed by atoms with E-state index in [0.717, 1.165) is 105 Å². The molecule has 0 spiro atoms. The van der Waals surface area contributed by atoms with Crippen LogP contribution in [0.3, 0.4) is 0 Å². The summed E-state index contributed by atoms with van der Waals surface area (Å²) in [6, 6.07) is 16.4. The molecule has 0 N–H and O–H groups in total. The van der Waals surface area contributed by atoms with Crippen molar-refractivity contribution in [2.45, 2.75) is 52.1 Å². The number of aryl methyl sites for hydroxylation is 5. The summed E-state index contributed by atoms with van der Waals surface area (Å²) in [7, 11) is 3.82. The van der Waals surface area contributed by atoms with Crippen LogP contribution < -0.4 is 0 Å². The SMILES string of the molecule is Cc1cccc(-c2nn3c(c2-c2cnc4c(cnn4C)c2)CCC3)n1.Cn1ncc2cc(-c3c(-c4ccccn4)nn4c3CCCC4)cnc21. The molecule has 0 aliphatic carbocycles. The number of fused-ring (bicyclic) bond motifs is 4. The number of rotatable bonds is 4. The molecule has 0 saturated heterocycles. The molecule has 2 aliphatic rings.